The number of thioether (sulfide) groups is 1. The molecule has 0 spiro atoms. The highest BCUT2D eigenvalue weighted by molar-refractivity contribution is 14.0. The molecule has 4 nitrogen and oxygen atoms in total. The lowest BCUT2D eigenvalue weighted by molar-refractivity contribution is 0.0782. The quantitative estimate of drug-likeness (QED) is 0.350. The molecular formula is C18H36IN3OS. The van der Waals surface area contributed by atoms with E-state index in [4.69, 9.17) is 4.74 Å². The first-order valence-corrected chi connectivity index (χ1v) is 10.4. The highest BCUT2D eigenvalue weighted by Crippen LogP contribution is 2.34. The Balaban J connectivity index is 0.00000288. The van der Waals surface area contributed by atoms with E-state index in [1.807, 2.05) is 7.05 Å². The van der Waals surface area contributed by atoms with E-state index in [0.717, 1.165) is 50.2 Å². The molecule has 0 bridgehead atoms. The number of hydrogen-bond acceptors (Lipinski definition) is 3. The van der Waals surface area contributed by atoms with Crippen LogP contribution in [-0.4, -0.2) is 49.3 Å². The smallest absolute Gasteiger partial charge is 0.191 e. The number of halogens is 1. The van der Waals surface area contributed by atoms with Crippen molar-refractivity contribution in [1.29, 1.82) is 0 Å². The minimum Gasteiger partial charge on any atom is -0.381 e. The van der Waals surface area contributed by atoms with Gasteiger partial charge in [0.2, 0.25) is 0 Å². The molecule has 0 aromatic rings. The maximum atomic E-state index is 5.56. The second-order valence-electron chi connectivity index (χ2n) is 6.92. The number of ether oxygens (including phenoxy) is 1. The fourth-order valence-corrected chi connectivity index (χ4v) is 5.01. The summed E-state index contributed by atoms with van der Waals surface area (Å²) in [6, 6.07) is 0.591. The van der Waals surface area contributed by atoms with Gasteiger partial charge in [-0.3, -0.25) is 4.99 Å². The van der Waals surface area contributed by atoms with Crippen molar-refractivity contribution in [3.05, 3.63) is 0 Å². The summed E-state index contributed by atoms with van der Waals surface area (Å²) in [5.74, 6) is 3.08. The summed E-state index contributed by atoms with van der Waals surface area (Å²) >= 11 is 2.08. The minimum atomic E-state index is 0. The molecule has 0 atom stereocenters. The van der Waals surface area contributed by atoms with Crippen LogP contribution in [0.1, 0.15) is 58.8 Å². The predicted molar refractivity (Wildman–Crippen MR) is 117 cm³/mol. The Bertz CT molecular complexity index is 362. The average Bonchev–Trinajstić information content (AvgIpc) is 2.60. The molecule has 2 aliphatic rings. The van der Waals surface area contributed by atoms with E-state index in [-0.39, 0.29) is 24.0 Å². The molecule has 24 heavy (non-hydrogen) atoms. The van der Waals surface area contributed by atoms with Gasteiger partial charge in [0.25, 0.3) is 0 Å². The highest BCUT2D eigenvalue weighted by Gasteiger charge is 2.33. The van der Waals surface area contributed by atoms with Gasteiger partial charge in [0.15, 0.2) is 5.96 Å². The fraction of sp³-hybridized carbons (Fsp3) is 0.944. The maximum Gasteiger partial charge on any atom is 0.191 e. The Morgan fingerprint density at radius 3 is 2.38 bits per heavy atom. The molecule has 2 N–H and O–H groups in total. The minimum absolute atomic E-state index is 0. The van der Waals surface area contributed by atoms with Crippen LogP contribution in [0.5, 0.6) is 0 Å². The summed E-state index contributed by atoms with van der Waals surface area (Å²) in [4.78, 5) is 4.45. The third-order valence-corrected chi connectivity index (χ3v) is 6.87. The molecule has 1 saturated carbocycles. The third kappa shape index (κ3) is 6.90. The van der Waals surface area contributed by atoms with Gasteiger partial charge in [-0.1, -0.05) is 20.3 Å². The molecule has 1 heterocycles. The monoisotopic (exact) mass is 469 g/mol. The molecule has 2 rings (SSSR count). The van der Waals surface area contributed by atoms with Gasteiger partial charge >= 0.3 is 0 Å². The normalized spacial score (nSPS) is 27.2. The maximum absolute atomic E-state index is 5.56. The van der Waals surface area contributed by atoms with Gasteiger partial charge in [0.1, 0.15) is 0 Å². The Kier molecular flexibility index (Phi) is 11.0. The van der Waals surface area contributed by atoms with Gasteiger partial charge < -0.3 is 15.4 Å². The predicted octanol–water partition coefficient (Wildman–Crippen LogP) is 4.04. The van der Waals surface area contributed by atoms with Crippen molar-refractivity contribution in [2.24, 2.45) is 10.9 Å². The van der Waals surface area contributed by atoms with Crippen LogP contribution >= 0.6 is 35.7 Å². The highest BCUT2D eigenvalue weighted by atomic mass is 127. The Morgan fingerprint density at radius 1 is 1.17 bits per heavy atom. The molecule has 6 heteroatoms. The van der Waals surface area contributed by atoms with E-state index in [9.17, 15) is 0 Å². The second-order valence-corrected chi connectivity index (χ2v) is 8.66. The molecule has 0 aromatic heterocycles. The van der Waals surface area contributed by atoms with Crippen LogP contribution in [0.2, 0.25) is 0 Å². The first-order chi connectivity index (χ1) is 11.2. The SMILES string of the molecule is CCSC1(CNC(=NC)NC2CCC(CC)CC2)CCOCC1.I. The second kappa shape index (κ2) is 11.8. The summed E-state index contributed by atoms with van der Waals surface area (Å²) in [6.45, 7) is 7.33. The van der Waals surface area contributed by atoms with Gasteiger partial charge in [0, 0.05) is 37.6 Å². The van der Waals surface area contributed by atoms with Crippen LogP contribution in [0.4, 0.5) is 0 Å². The Morgan fingerprint density at radius 2 is 1.83 bits per heavy atom. The summed E-state index contributed by atoms with van der Waals surface area (Å²) < 4.78 is 5.87. The Hall–Kier alpha value is 0.310. The first kappa shape index (κ1) is 22.4. The van der Waals surface area contributed by atoms with E-state index >= 15 is 0 Å². The number of hydrogen-bond donors (Lipinski definition) is 2. The van der Waals surface area contributed by atoms with Crippen LogP contribution in [0.15, 0.2) is 4.99 Å². The van der Waals surface area contributed by atoms with Crippen LogP contribution in [0.3, 0.4) is 0 Å². The molecule has 142 valence electrons. The summed E-state index contributed by atoms with van der Waals surface area (Å²) in [5.41, 5.74) is 0. The molecule has 1 aliphatic carbocycles. The van der Waals surface area contributed by atoms with Crippen molar-refractivity contribution in [2.75, 3.05) is 32.6 Å². The number of guanidine groups is 1. The standard InChI is InChI=1S/C18H35N3OS.HI/c1-4-15-6-8-16(9-7-15)21-17(19-3)20-14-18(23-5-2)10-12-22-13-11-18;/h15-16H,4-14H2,1-3H3,(H2,19,20,21);1H. The van der Waals surface area contributed by atoms with Crippen molar-refractivity contribution in [1.82, 2.24) is 10.6 Å². The fourth-order valence-electron chi connectivity index (χ4n) is 3.77. The molecular weight excluding hydrogens is 433 g/mol. The van der Waals surface area contributed by atoms with Gasteiger partial charge in [0.05, 0.1) is 0 Å². The molecule has 0 aromatic carbocycles. The summed E-state index contributed by atoms with van der Waals surface area (Å²) in [5, 5.41) is 7.25. The lowest BCUT2D eigenvalue weighted by Crippen LogP contribution is -2.50. The van der Waals surface area contributed by atoms with Crippen molar-refractivity contribution in [3.63, 3.8) is 0 Å². The topological polar surface area (TPSA) is 45.7 Å². The number of nitrogens with one attached hydrogen (secondary N) is 2. The van der Waals surface area contributed by atoms with Crippen molar-refractivity contribution < 1.29 is 4.74 Å². The van der Waals surface area contributed by atoms with E-state index < -0.39 is 0 Å². The van der Waals surface area contributed by atoms with Crippen molar-refractivity contribution in [3.8, 4) is 0 Å². The molecule has 0 radical (unpaired) electrons. The van der Waals surface area contributed by atoms with Crippen LogP contribution in [0.25, 0.3) is 0 Å². The van der Waals surface area contributed by atoms with E-state index in [0.29, 0.717) is 10.8 Å². The average molecular weight is 469 g/mol. The van der Waals surface area contributed by atoms with E-state index in [1.165, 1.54) is 32.1 Å². The van der Waals surface area contributed by atoms with Gasteiger partial charge in [-0.2, -0.15) is 11.8 Å². The van der Waals surface area contributed by atoms with Gasteiger partial charge in [-0.25, -0.2) is 0 Å². The van der Waals surface area contributed by atoms with E-state index in [1.54, 1.807) is 0 Å². The zero-order valence-electron chi connectivity index (χ0n) is 15.6. The van der Waals surface area contributed by atoms with Crippen molar-refractivity contribution >= 4 is 41.7 Å². The Labute approximate surface area is 169 Å². The molecule has 0 amide bonds. The lowest BCUT2D eigenvalue weighted by Gasteiger charge is -2.37. The van der Waals surface area contributed by atoms with Crippen LogP contribution in [-0.2, 0) is 4.74 Å². The molecule has 1 aliphatic heterocycles. The number of nitrogens with zero attached hydrogens (tertiary/aromatic N) is 1. The molecule has 1 saturated heterocycles. The lowest BCUT2D eigenvalue weighted by atomic mass is 9.84. The van der Waals surface area contributed by atoms with E-state index in [2.05, 4.69) is 41.2 Å². The zero-order chi connectivity index (χ0) is 16.5. The summed E-state index contributed by atoms with van der Waals surface area (Å²) in [6.07, 6.45) is 8.88. The van der Waals surface area contributed by atoms with Crippen molar-refractivity contribution in [2.45, 2.75) is 69.6 Å². The van der Waals surface area contributed by atoms with Gasteiger partial charge in [-0.15, -0.1) is 24.0 Å². The third-order valence-electron chi connectivity index (χ3n) is 5.42. The largest absolute Gasteiger partial charge is 0.381 e. The van der Waals surface area contributed by atoms with Crippen LogP contribution < -0.4 is 10.6 Å². The first-order valence-electron chi connectivity index (χ1n) is 9.40. The molecule has 2 fully saturated rings. The molecule has 0 unspecified atom stereocenters. The van der Waals surface area contributed by atoms with Crippen LogP contribution in [0, 0.1) is 5.92 Å². The summed E-state index contributed by atoms with van der Waals surface area (Å²) in [7, 11) is 1.89. The number of aliphatic imine (C=N–C) groups is 1. The van der Waals surface area contributed by atoms with Gasteiger partial charge in [-0.05, 0) is 50.2 Å². The zero-order valence-corrected chi connectivity index (χ0v) is 18.8. The number of rotatable bonds is 6.